The van der Waals surface area contributed by atoms with E-state index < -0.39 is 0 Å². The molecular formula is C10H10O4. The molecule has 0 spiro atoms. The van der Waals surface area contributed by atoms with Gasteiger partial charge in [-0.2, -0.15) is 0 Å². The molecule has 1 heterocycles. The number of benzene rings is 1. The van der Waals surface area contributed by atoms with Crippen LogP contribution in [0.3, 0.4) is 0 Å². The van der Waals surface area contributed by atoms with E-state index in [1.807, 2.05) is 0 Å². The highest BCUT2D eigenvalue weighted by Gasteiger charge is 2.19. The third-order valence-electron chi connectivity index (χ3n) is 2.01. The van der Waals surface area contributed by atoms with Crippen molar-refractivity contribution >= 4 is 5.78 Å². The van der Waals surface area contributed by atoms with E-state index >= 15 is 0 Å². The highest BCUT2D eigenvalue weighted by molar-refractivity contribution is 5.98. The van der Waals surface area contributed by atoms with E-state index in [1.165, 1.54) is 19.1 Å². The van der Waals surface area contributed by atoms with E-state index in [1.54, 1.807) is 0 Å². The topological polar surface area (TPSA) is 55.8 Å². The molecule has 0 unspecified atom stereocenters. The zero-order valence-electron chi connectivity index (χ0n) is 7.74. The number of carbonyl (C=O) groups is 1. The Hall–Kier alpha value is -1.71. The molecule has 1 aliphatic rings. The second-order valence-corrected chi connectivity index (χ2v) is 3.07. The van der Waals surface area contributed by atoms with Gasteiger partial charge in [-0.3, -0.25) is 4.79 Å². The molecule has 1 aliphatic heterocycles. The summed E-state index contributed by atoms with van der Waals surface area (Å²) in [5.41, 5.74) is 0.361. The maximum absolute atomic E-state index is 11.2. The summed E-state index contributed by atoms with van der Waals surface area (Å²) in [6.07, 6.45) is 0. The Morgan fingerprint density at radius 3 is 2.79 bits per heavy atom. The average Bonchev–Trinajstić information content (AvgIpc) is 2.16. The number of hydrogen-bond donors (Lipinski definition) is 1. The summed E-state index contributed by atoms with van der Waals surface area (Å²) in [5.74, 6) is 0.727. The molecule has 14 heavy (non-hydrogen) atoms. The minimum Gasteiger partial charge on any atom is -0.508 e. The van der Waals surface area contributed by atoms with E-state index in [-0.39, 0.29) is 11.5 Å². The van der Waals surface area contributed by atoms with Crippen molar-refractivity contribution in [2.45, 2.75) is 6.92 Å². The molecule has 0 saturated heterocycles. The van der Waals surface area contributed by atoms with Crippen LogP contribution in [0, 0.1) is 0 Å². The van der Waals surface area contributed by atoms with E-state index in [0.29, 0.717) is 30.3 Å². The Morgan fingerprint density at radius 2 is 2.07 bits per heavy atom. The predicted octanol–water partition coefficient (Wildman–Crippen LogP) is 1.37. The summed E-state index contributed by atoms with van der Waals surface area (Å²) in [4.78, 5) is 11.2. The fraction of sp³-hybridized carbons (Fsp3) is 0.300. The van der Waals surface area contributed by atoms with E-state index in [9.17, 15) is 9.90 Å². The number of rotatable bonds is 1. The van der Waals surface area contributed by atoms with Crippen LogP contribution in [0.4, 0.5) is 0 Å². The second-order valence-electron chi connectivity index (χ2n) is 3.07. The van der Waals surface area contributed by atoms with Crippen molar-refractivity contribution in [2.75, 3.05) is 13.2 Å². The number of aromatic hydroxyl groups is 1. The van der Waals surface area contributed by atoms with Crippen LogP contribution >= 0.6 is 0 Å². The van der Waals surface area contributed by atoms with Crippen molar-refractivity contribution < 1.29 is 19.4 Å². The van der Waals surface area contributed by atoms with Crippen LogP contribution in [0.1, 0.15) is 17.3 Å². The van der Waals surface area contributed by atoms with Crippen molar-refractivity contribution in [3.05, 3.63) is 17.7 Å². The van der Waals surface area contributed by atoms with Gasteiger partial charge in [-0.1, -0.05) is 0 Å². The van der Waals surface area contributed by atoms with Crippen LogP contribution in [0.25, 0.3) is 0 Å². The molecule has 2 rings (SSSR count). The number of Topliss-reactive ketones (excluding diaryl/α,β-unsaturated/α-hetero) is 1. The summed E-state index contributed by atoms with van der Waals surface area (Å²) in [5, 5.41) is 9.33. The smallest absolute Gasteiger partial charge is 0.172 e. The fourth-order valence-electron chi connectivity index (χ4n) is 1.40. The molecule has 74 valence electrons. The first-order chi connectivity index (χ1) is 6.68. The molecule has 4 heteroatoms. The number of ether oxygens (including phenoxy) is 2. The van der Waals surface area contributed by atoms with Gasteiger partial charge in [0.05, 0.1) is 5.56 Å². The Balaban J connectivity index is 2.58. The molecule has 1 aromatic rings. The van der Waals surface area contributed by atoms with Crippen molar-refractivity contribution in [3.8, 4) is 17.2 Å². The number of phenolic OH excluding ortho intramolecular Hbond substituents is 1. The van der Waals surface area contributed by atoms with Gasteiger partial charge in [-0.15, -0.1) is 0 Å². The molecule has 0 atom stereocenters. The largest absolute Gasteiger partial charge is 0.508 e. The van der Waals surface area contributed by atoms with Gasteiger partial charge in [0, 0.05) is 6.07 Å². The number of fused-ring (bicyclic) bond motifs is 1. The molecular weight excluding hydrogens is 184 g/mol. The maximum atomic E-state index is 11.2. The van der Waals surface area contributed by atoms with Crippen LogP contribution in [0.15, 0.2) is 12.1 Å². The van der Waals surface area contributed by atoms with Crippen LogP contribution in [-0.2, 0) is 0 Å². The highest BCUT2D eigenvalue weighted by Crippen LogP contribution is 2.37. The molecule has 4 nitrogen and oxygen atoms in total. The Kier molecular flexibility index (Phi) is 2.04. The SMILES string of the molecule is CC(=O)c1cc(O)cc2c1OCCO2. The van der Waals surface area contributed by atoms with Crippen LogP contribution in [0.5, 0.6) is 17.2 Å². The molecule has 1 aromatic carbocycles. The van der Waals surface area contributed by atoms with Gasteiger partial charge in [0.1, 0.15) is 19.0 Å². The molecule has 0 bridgehead atoms. The van der Waals surface area contributed by atoms with Gasteiger partial charge >= 0.3 is 0 Å². The molecule has 0 aromatic heterocycles. The predicted molar refractivity (Wildman–Crippen MR) is 49.1 cm³/mol. The molecule has 0 amide bonds. The van der Waals surface area contributed by atoms with Crippen molar-refractivity contribution in [1.29, 1.82) is 0 Å². The lowest BCUT2D eigenvalue weighted by atomic mass is 10.1. The third kappa shape index (κ3) is 1.39. The van der Waals surface area contributed by atoms with E-state index in [2.05, 4.69) is 0 Å². The summed E-state index contributed by atoms with van der Waals surface area (Å²) < 4.78 is 10.6. The Morgan fingerprint density at radius 1 is 1.36 bits per heavy atom. The standard InChI is InChI=1S/C10H10O4/c1-6(11)8-4-7(12)5-9-10(8)14-3-2-13-9/h4-5,12H,2-3H2,1H3. The lowest BCUT2D eigenvalue weighted by Crippen LogP contribution is -2.17. The summed E-state index contributed by atoms with van der Waals surface area (Å²) in [6, 6.07) is 2.83. The van der Waals surface area contributed by atoms with Crippen molar-refractivity contribution in [1.82, 2.24) is 0 Å². The normalized spacial score (nSPS) is 13.8. The number of hydrogen-bond acceptors (Lipinski definition) is 4. The second kappa shape index (κ2) is 3.21. The van der Waals surface area contributed by atoms with Gasteiger partial charge in [0.25, 0.3) is 0 Å². The van der Waals surface area contributed by atoms with E-state index in [0.717, 1.165) is 0 Å². The minimum atomic E-state index is -0.150. The zero-order chi connectivity index (χ0) is 10.1. The van der Waals surface area contributed by atoms with Gasteiger partial charge in [-0.05, 0) is 13.0 Å². The van der Waals surface area contributed by atoms with Gasteiger partial charge < -0.3 is 14.6 Å². The Bertz CT molecular complexity index is 384. The van der Waals surface area contributed by atoms with Crippen LogP contribution in [0.2, 0.25) is 0 Å². The molecule has 1 N–H and O–H groups in total. The monoisotopic (exact) mass is 194 g/mol. The molecule has 0 fully saturated rings. The van der Waals surface area contributed by atoms with Crippen LogP contribution in [-0.4, -0.2) is 24.1 Å². The molecule has 0 saturated carbocycles. The van der Waals surface area contributed by atoms with Gasteiger partial charge in [0.15, 0.2) is 17.3 Å². The first-order valence-electron chi connectivity index (χ1n) is 4.32. The average molecular weight is 194 g/mol. The van der Waals surface area contributed by atoms with Crippen molar-refractivity contribution in [2.24, 2.45) is 0 Å². The number of ketones is 1. The minimum absolute atomic E-state index is 0.0134. The Labute approximate surface area is 81.1 Å². The first kappa shape index (κ1) is 8.87. The molecule has 0 aliphatic carbocycles. The molecule has 0 radical (unpaired) electrons. The number of phenols is 1. The highest BCUT2D eigenvalue weighted by atomic mass is 16.6. The number of carbonyl (C=O) groups excluding carboxylic acids is 1. The quantitative estimate of drug-likeness (QED) is 0.686. The lowest BCUT2D eigenvalue weighted by Gasteiger charge is -2.20. The maximum Gasteiger partial charge on any atom is 0.172 e. The lowest BCUT2D eigenvalue weighted by molar-refractivity contribution is 0.100. The summed E-state index contributed by atoms with van der Waals surface area (Å²) in [6.45, 7) is 2.29. The van der Waals surface area contributed by atoms with E-state index in [4.69, 9.17) is 9.47 Å². The summed E-state index contributed by atoms with van der Waals surface area (Å²) in [7, 11) is 0. The third-order valence-corrected chi connectivity index (χ3v) is 2.01. The van der Waals surface area contributed by atoms with Gasteiger partial charge in [-0.25, -0.2) is 0 Å². The van der Waals surface area contributed by atoms with Crippen LogP contribution < -0.4 is 9.47 Å². The zero-order valence-corrected chi connectivity index (χ0v) is 7.74. The fourth-order valence-corrected chi connectivity index (χ4v) is 1.40. The van der Waals surface area contributed by atoms with Crippen molar-refractivity contribution in [3.63, 3.8) is 0 Å². The van der Waals surface area contributed by atoms with Gasteiger partial charge in [0.2, 0.25) is 0 Å². The first-order valence-corrected chi connectivity index (χ1v) is 4.32. The summed E-state index contributed by atoms with van der Waals surface area (Å²) >= 11 is 0.